The predicted molar refractivity (Wildman–Crippen MR) is 161 cm³/mol. The van der Waals surface area contributed by atoms with E-state index in [0.29, 0.717) is 41.1 Å². The average molecular weight is 621 g/mol. The summed E-state index contributed by atoms with van der Waals surface area (Å²) < 4.78 is 29.3. The molecule has 10 nitrogen and oxygen atoms in total. The number of pyridine rings is 1. The molecule has 0 spiro atoms. The standard InChI is InChI=1S/C31H32ClN5O5S/c1-42-28-12-8-23(20-26(28)32)31-34-30(22-14-16-33-17-15-22)35-37(31)19-18-36(24-4-2-3-5-24)29(39)13-11-27(38)21-6-9-25(10-7-21)43(40)41/h6-10,12,14-17,20,24H,2-5,11,13,18-19H2,1H3,(H,40,41)/p-1. The zero-order valence-electron chi connectivity index (χ0n) is 23.6. The highest BCUT2D eigenvalue weighted by atomic mass is 35.5. The van der Waals surface area contributed by atoms with E-state index in [9.17, 15) is 18.4 Å². The minimum atomic E-state index is -2.36. The van der Waals surface area contributed by atoms with Gasteiger partial charge >= 0.3 is 0 Å². The molecule has 2 heterocycles. The number of rotatable bonds is 12. The summed E-state index contributed by atoms with van der Waals surface area (Å²) >= 11 is 4.08. The number of ketones is 1. The molecule has 0 N–H and O–H groups in total. The van der Waals surface area contributed by atoms with Gasteiger partial charge in [-0.2, -0.15) is 5.10 Å². The number of carbonyl (C=O) groups is 2. The van der Waals surface area contributed by atoms with Crippen molar-refractivity contribution in [2.75, 3.05) is 13.7 Å². The first-order chi connectivity index (χ1) is 20.8. The molecule has 0 saturated heterocycles. The van der Waals surface area contributed by atoms with Crippen LogP contribution in [0.5, 0.6) is 5.75 Å². The van der Waals surface area contributed by atoms with Gasteiger partial charge < -0.3 is 14.2 Å². The maximum Gasteiger partial charge on any atom is 0.223 e. The molecular formula is C31H31ClN5O5S-. The molecule has 0 aliphatic heterocycles. The molecule has 1 saturated carbocycles. The topological polar surface area (TPSA) is 130 Å². The number of amides is 1. The predicted octanol–water partition coefficient (Wildman–Crippen LogP) is 5.34. The lowest BCUT2D eigenvalue weighted by molar-refractivity contribution is -0.133. The summed E-state index contributed by atoms with van der Waals surface area (Å²) in [7, 11) is 1.56. The minimum absolute atomic E-state index is 0.0347. The molecule has 0 radical (unpaired) electrons. The lowest BCUT2D eigenvalue weighted by Crippen LogP contribution is -2.41. The quantitative estimate of drug-likeness (QED) is 0.153. The fraction of sp³-hybridized carbons (Fsp3) is 0.323. The molecule has 1 amide bonds. The minimum Gasteiger partial charge on any atom is -0.768 e. The molecule has 224 valence electrons. The molecule has 43 heavy (non-hydrogen) atoms. The van der Waals surface area contributed by atoms with E-state index in [1.54, 1.807) is 36.3 Å². The molecule has 1 atom stereocenters. The van der Waals surface area contributed by atoms with Crippen LogP contribution in [-0.2, 0) is 22.4 Å². The van der Waals surface area contributed by atoms with Gasteiger partial charge in [0.15, 0.2) is 17.4 Å². The maximum atomic E-state index is 13.5. The first-order valence-electron chi connectivity index (χ1n) is 14.0. The van der Waals surface area contributed by atoms with Crippen LogP contribution in [0.3, 0.4) is 0 Å². The highest BCUT2D eigenvalue weighted by Crippen LogP contribution is 2.31. The summed E-state index contributed by atoms with van der Waals surface area (Å²) in [6.07, 6.45) is 7.37. The Morgan fingerprint density at radius 1 is 1.05 bits per heavy atom. The van der Waals surface area contributed by atoms with Crippen LogP contribution in [0.15, 0.2) is 71.9 Å². The maximum absolute atomic E-state index is 13.5. The molecule has 0 bridgehead atoms. The number of halogens is 1. The van der Waals surface area contributed by atoms with Crippen molar-refractivity contribution in [3.8, 4) is 28.5 Å². The van der Waals surface area contributed by atoms with Gasteiger partial charge in [0.05, 0.1) is 18.7 Å². The fourth-order valence-corrected chi connectivity index (χ4v) is 5.95. The molecule has 4 aromatic rings. The Labute approximate surface area is 257 Å². The number of aromatic nitrogens is 4. The van der Waals surface area contributed by atoms with Crippen LogP contribution in [0, 0.1) is 0 Å². The lowest BCUT2D eigenvalue weighted by Gasteiger charge is -2.29. The third-order valence-corrected chi connectivity index (χ3v) is 8.55. The number of ether oxygens (including phenoxy) is 1. The van der Waals surface area contributed by atoms with E-state index < -0.39 is 11.1 Å². The van der Waals surface area contributed by atoms with Crippen molar-refractivity contribution in [3.05, 3.63) is 77.6 Å². The SMILES string of the molecule is COc1ccc(-c2nc(-c3ccncc3)nn2CCN(C(=O)CCC(=O)c2ccc(S(=O)[O-])cc2)C2CCCC2)cc1Cl. The zero-order valence-corrected chi connectivity index (χ0v) is 25.2. The van der Waals surface area contributed by atoms with Gasteiger partial charge in [-0.05, 0) is 66.4 Å². The number of carbonyl (C=O) groups excluding carboxylic acids is 2. The van der Waals surface area contributed by atoms with Gasteiger partial charge in [-0.1, -0.05) is 36.6 Å². The van der Waals surface area contributed by atoms with E-state index in [2.05, 4.69) is 4.98 Å². The molecule has 5 rings (SSSR count). The smallest absolute Gasteiger partial charge is 0.223 e. The highest BCUT2D eigenvalue weighted by Gasteiger charge is 2.27. The monoisotopic (exact) mass is 620 g/mol. The molecule has 12 heteroatoms. The summed E-state index contributed by atoms with van der Waals surface area (Å²) in [5, 5.41) is 5.24. The Balaban J connectivity index is 1.35. The van der Waals surface area contributed by atoms with E-state index in [1.807, 2.05) is 23.1 Å². The Hall–Kier alpha value is -3.93. The normalized spacial score (nSPS) is 14.0. The number of benzene rings is 2. The van der Waals surface area contributed by atoms with Gasteiger partial charge in [0.1, 0.15) is 5.75 Å². The third kappa shape index (κ3) is 7.35. The Bertz CT molecular complexity index is 1610. The number of Topliss-reactive ketones (excluding diaryl/α,β-unsaturated/α-hetero) is 1. The molecule has 2 aromatic heterocycles. The van der Waals surface area contributed by atoms with Crippen LogP contribution in [0.2, 0.25) is 5.02 Å². The van der Waals surface area contributed by atoms with Crippen LogP contribution in [0.1, 0.15) is 48.9 Å². The van der Waals surface area contributed by atoms with Crippen molar-refractivity contribution in [3.63, 3.8) is 0 Å². The first-order valence-corrected chi connectivity index (χ1v) is 15.5. The number of hydrogen-bond donors (Lipinski definition) is 0. The Morgan fingerprint density at radius 3 is 2.42 bits per heavy atom. The summed E-state index contributed by atoms with van der Waals surface area (Å²) in [5.74, 6) is 1.38. The first kappa shape index (κ1) is 30.5. The lowest BCUT2D eigenvalue weighted by atomic mass is 10.1. The second-order valence-corrected chi connectivity index (χ2v) is 11.6. The van der Waals surface area contributed by atoms with Gasteiger partial charge in [0.2, 0.25) is 5.91 Å². The largest absolute Gasteiger partial charge is 0.768 e. The highest BCUT2D eigenvalue weighted by molar-refractivity contribution is 7.79. The number of methoxy groups -OCH3 is 1. The third-order valence-electron chi connectivity index (χ3n) is 7.59. The number of hydrogen-bond acceptors (Lipinski definition) is 8. The zero-order chi connectivity index (χ0) is 30.3. The van der Waals surface area contributed by atoms with Crippen molar-refractivity contribution in [1.29, 1.82) is 0 Å². The van der Waals surface area contributed by atoms with E-state index in [0.717, 1.165) is 36.8 Å². The summed E-state index contributed by atoms with van der Waals surface area (Å²) in [4.78, 5) is 37.2. The molecular weight excluding hydrogens is 590 g/mol. The second kappa shape index (κ2) is 14.0. The second-order valence-electron chi connectivity index (χ2n) is 10.3. The molecule has 1 unspecified atom stereocenters. The van der Waals surface area contributed by atoms with E-state index in [1.165, 1.54) is 24.3 Å². The van der Waals surface area contributed by atoms with Crippen LogP contribution < -0.4 is 4.74 Å². The average Bonchev–Trinajstić information content (AvgIpc) is 3.71. The van der Waals surface area contributed by atoms with E-state index in [-0.39, 0.29) is 35.5 Å². The Kier molecular flexibility index (Phi) is 9.96. The van der Waals surface area contributed by atoms with Gasteiger partial charge in [0.25, 0.3) is 0 Å². The summed E-state index contributed by atoms with van der Waals surface area (Å²) in [5.41, 5.74) is 1.95. The van der Waals surface area contributed by atoms with Gasteiger partial charge in [0, 0.05) is 59.4 Å². The molecule has 2 aromatic carbocycles. The molecule has 1 aliphatic carbocycles. The van der Waals surface area contributed by atoms with Crippen molar-refractivity contribution in [2.45, 2.75) is 56.0 Å². The summed E-state index contributed by atoms with van der Waals surface area (Å²) in [6, 6.07) is 14.9. The van der Waals surface area contributed by atoms with Crippen LogP contribution in [0.4, 0.5) is 0 Å². The van der Waals surface area contributed by atoms with Gasteiger partial charge in [-0.15, -0.1) is 0 Å². The van der Waals surface area contributed by atoms with Crippen LogP contribution in [-0.4, -0.2) is 64.8 Å². The van der Waals surface area contributed by atoms with Gasteiger partial charge in [-0.3, -0.25) is 18.8 Å². The van der Waals surface area contributed by atoms with Crippen LogP contribution in [0.25, 0.3) is 22.8 Å². The van der Waals surface area contributed by atoms with E-state index in [4.69, 9.17) is 26.4 Å². The van der Waals surface area contributed by atoms with Crippen molar-refractivity contribution >= 4 is 34.4 Å². The Morgan fingerprint density at radius 2 is 1.77 bits per heavy atom. The molecule has 1 fully saturated rings. The number of nitrogens with zero attached hydrogens (tertiary/aromatic N) is 5. The fourth-order valence-electron chi connectivity index (χ4n) is 5.33. The molecule has 1 aliphatic rings. The van der Waals surface area contributed by atoms with Crippen molar-refractivity contribution in [1.82, 2.24) is 24.6 Å². The summed E-state index contributed by atoms with van der Waals surface area (Å²) in [6.45, 7) is 0.790. The van der Waals surface area contributed by atoms with Crippen LogP contribution >= 0.6 is 11.6 Å². The van der Waals surface area contributed by atoms with Crippen molar-refractivity contribution < 1.29 is 23.1 Å². The van der Waals surface area contributed by atoms with Crippen molar-refractivity contribution in [2.24, 2.45) is 0 Å². The van der Waals surface area contributed by atoms with E-state index >= 15 is 0 Å². The van der Waals surface area contributed by atoms with Gasteiger partial charge in [-0.25, -0.2) is 9.67 Å².